The molecule has 2 aliphatic heterocycles. The van der Waals surface area contributed by atoms with Crippen LogP contribution < -0.4 is 0 Å². The fourth-order valence-corrected chi connectivity index (χ4v) is 3.68. The van der Waals surface area contributed by atoms with Crippen LogP contribution in [-0.4, -0.2) is 22.3 Å². The van der Waals surface area contributed by atoms with Gasteiger partial charge in [0.05, 0.1) is 5.69 Å². The number of halogens is 4. The number of hydrogen-bond acceptors (Lipinski definition) is 3. The third-order valence-corrected chi connectivity index (χ3v) is 5.16. The van der Waals surface area contributed by atoms with Crippen LogP contribution >= 0.6 is 0 Å². The molecule has 0 spiro atoms. The Morgan fingerprint density at radius 2 is 2.04 bits per heavy atom. The van der Waals surface area contributed by atoms with Gasteiger partial charge in [0.15, 0.2) is 5.84 Å². The molecule has 0 bridgehead atoms. The highest BCUT2D eigenvalue weighted by Gasteiger charge is 2.62. The molecule has 1 N–H and O–H groups in total. The molecule has 1 unspecified atom stereocenters. The summed E-state index contributed by atoms with van der Waals surface area (Å²) in [7, 11) is 0. The standard InChI is InChI=1S/C18H16F4N2O/c19-12-5-6-15-14(10-12)17(18(20,21)22,8-7-11-3-4-11)13-2-1-9-24(25)16(13)23-15/h1-2,5-6,9-11,25H,3-4,7-8H2. The van der Waals surface area contributed by atoms with E-state index in [1.807, 2.05) is 0 Å². The number of amidine groups is 1. The van der Waals surface area contributed by atoms with Crippen molar-refractivity contribution in [3.63, 3.8) is 0 Å². The van der Waals surface area contributed by atoms with Gasteiger partial charge in [0.1, 0.15) is 11.2 Å². The Morgan fingerprint density at radius 1 is 1.28 bits per heavy atom. The first kappa shape index (κ1) is 16.3. The second-order valence-electron chi connectivity index (χ2n) is 6.75. The molecule has 2 heterocycles. The normalized spacial score (nSPS) is 25.2. The van der Waals surface area contributed by atoms with E-state index in [1.54, 1.807) is 0 Å². The summed E-state index contributed by atoms with van der Waals surface area (Å²) < 4.78 is 57.1. The predicted octanol–water partition coefficient (Wildman–Crippen LogP) is 5.00. The van der Waals surface area contributed by atoms with Crippen molar-refractivity contribution in [3.05, 3.63) is 53.5 Å². The zero-order valence-electron chi connectivity index (χ0n) is 13.2. The molecule has 0 aromatic heterocycles. The number of aliphatic imine (C=N–C) groups is 1. The van der Waals surface area contributed by atoms with E-state index in [1.165, 1.54) is 24.4 Å². The van der Waals surface area contributed by atoms with Gasteiger partial charge in [0.2, 0.25) is 0 Å². The van der Waals surface area contributed by atoms with E-state index in [4.69, 9.17) is 0 Å². The summed E-state index contributed by atoms with van der Waals surface area (Å²) in [5, 5.41) is 10.6. The third-order valence-electron chi connectivity index (χ3n) is 5.16. The molecule has 7 heteroatoms. The minimum atomic E-state index is -4.65. The van der Waals surface area contributed by atoms with E-state index in [2.05, 4.69) is 4.99 Å². The summed E-state index contributed by atoms with van der Waals surface area (Å²) in [5.41, 5.74) is -2.66. The van der Waals surface area contributed by atoms with Crippen LogP contribution in [0.2, 0.25) is 0 Å². The lowest BCUT2D eigenvalue weighted by molar-refractivity contribution is -0.181. The van der Waals surface area contributed by atoms with Crippen LogP contribution in [0.25, 0.3) is 0 Å². The van der Waals surface area contributed by atoms with Gasteiger partial charge < -0.3 is 0 Å². The maximum absolute atomic E-state index is 14.4. The topological polar surface area (TPSA) is 35.8 Å². The Hall–Kier alpha value is -2.15. The molecule has 1 aliphatic carbocycles. The first-order chi connectivity index (χ1) is 11.8. The van der Waals surface area contributed by atoms with Gasteiger partial charge in [-0.2, -0.15) is 13.2 Å². The van der Waals surface area contributed by atoms with Crippen LogP contribution in [0, 0.1) is 11.7 Å². The second-order valence-corrected chi connectivity index (χ2v) is 6.75. The van der Waals surface area contributed by atoms with Crippen LogP contribution in [0.1, 0.15) is 31.2 Å². The number of benzene rings is 1. The van der Waals surface area contributed by atoms with Gasteiger partial charge in [-0.15, -0.1) is 0 Å². The van der Waals surface area contributed by atoms with Crippen molar-refractivity contribution in [2.24, 2.45) is 10.9 Å². The summed E-state index contributed by atoms with van der Waals surface area (Å²) in [6.45, 7) is 0. The maximum atomic E-state index is 14.4. The second kappa shape index (κ2) is 5.42. The largest absolute Gasteiger partial charge is 0.402 e. The summed E-state index contributed by atoms with van der Waals surface area (Å²) in [6, 6.07) is 3.25. The molecular weight excluding hydrogens is 336 g/mol. The van der Waals surface area contributed by atoms with Crippen molar-refractivity contribution >= 4 is 11.5 Å². The molecule has 0 radical (unpaired) electrons. The fraction of sp³-hybridized carbons (Fsp3) is 0.389. The minimum absolute atomic E-state index is 0.0380. The van der Waals surface area contributed by atoms with Crippen LogP contribution in [-0.2, 0) is 5.41 Å². The Morgan fingerprint density at radius 3 is 2.72 bits per heavy atom. The van der Waals surface area contributed by atoms with Crippen molar-refractivity contribution in [3.8, 4) is 0 Å². The van der Waals surface area contributed by atoms with Gasteiger partial charge in [-0.05, 0) is 43.0 Å². The van der Waals surface area contributed by atoms with Crippen LogP contribution in [0.5, 0.6) is 0 Å². The van der Waals surface area contributed by atoms with Crippen LogP contribution in [0.3, 0.4) is 0 Å². The Balaban J connectivity index is 1.97. The smallest absolute Gasteiger partial charge is 0.283 e. The lowest BCUT2D eigenvalue weighted by atomic mass is 9.66. The zero-order chi connectivity index (χ0) is 17.8. The molecule has 1 atom stereocenters. The molecule has 25 heavy (non-hydrogen) atoms. The monoisotopic (exact) mass is 352 g/mol. The van der Waals surface area contributed by atoms with Crippen molar-refractivity contribution in [1.29, 1.82) is 0 Å². The minimum Gasteiger partial charge on any atom is -0.283 e. The first-order valence-corrected chi connectivity index (χ1v) is 8.16. The molecule has 1 saturated carbocycles. The molecule has 3 nitrogen and oxygen atoms in total. The number of nitrogens with zero attached hydrogens (tertiary/aromatic N) is 2. The quantitative estimate of drug-likeness (QED) is 0.777. The zero-order valence-corrected chi connectivity index (χ0v) is 13.2. The van der Waals surface area contributed by atoms with E-state index in [9.17, 15) is 22.8 Å². The van der Waals surface area contributed by atoms with Gasteiger partial charge in [-0.3, -0.25) is 5.21 Å². The number of hydroxylamine groups is 2. The van der Waals surface area contributed by atoms with Crippen molar-refractivity contribution in [2.45, 2.75) is 37.3 Å². The molecule has 1 fully saturated rings. The van der Waals surface area contributed by atoms with E-state index < -0.39 is 17.4 Å². The lowest BCUT2D eigenvalue weighted by Crippen LogP contribution is -2.50. The molecule has 0 amide bonds. The van der Waals surface area contributed by atoms with Crippen LogP contribution in [0.15, 0.2) is 47.1 Å². The number of alkyl halides is 3. The molecule has 4 rings (SSSR count). The highest BCUT2D eigenvalue weighted by Crippen LogP contribution is 2.57. The van der Waals surface area contributed by atoms with Gasteiger partial charge in [0.25, 0.3) is 0 Å². The maximum Gasteiger partial charge on any atom is 0.402 e. The predicted molar refractivity (Wildman–Crippen MR) is 84.0 cm³/mol. The number of rotatable bonds is 3. The molecule has 0 saturated heterocycles. The van der Waals surface area contributed by atoms with E-state index in [0.717, 1.165) is 25.0 Å². The van der Waals surface area contributed by atoms with Gasteiger partial charge in [0, 0.05) is 17.3 Å². The number of fused-ring (bicyclic) bond motifs is 2. The van der Waals surface area contributed by atoms with Crippen LogP contribution in [0.4, 0.5) is 23.2 Å². The van der Waals surface area contributed by atoms with Gasteiger partial charge in [-0.25, -0.2) is 14.4 Å². The Labute approximate surface area is 141 Å². The third kappa shape index (κ3) is 2.49. The molecule has 1 aromatic carbocycles. The summed E-state index contributed by atoms with van der Waals surface area (Å²) >= 11 is 0. The van der Waals surface area contributed by atoms with Crippen molar-refractivity contribution < 1.29 is 22.8 Å². The summed E-state index contributed by atoms with van der Waals surface area (Å²) in [5.74, 6) is -0.608. The van der Waals surface area contributed by atoms with Crippen molar-refractivity contribution in [2.75, 3.05) is 0 Å². The fourth-order valence-electron chi connectivity index (χ4n) is 3.68. The van der Waals surface area contributed by atoms with Gasteiger partial charge >= 0.3 is 6.18 Å². The SMILES string of the molecule is ON1C=CC=C2C1=Nc1ccc(F)cc1C2(CCC1CC1)C(F)(F)F. The summed E-state index contributed by atoms with van der Waals surface area (Å²) in [6.07, 6.45) is 1.31. The van der Waals surface area contributed by atoms with Gasteiger partial charge in [-0.1, -0.05) is 18.9 Å². The Bertz CT molecular complexity index is 808. The number of hydrogen-bond donors (Lipinski definition) is 1. The molecular formula is C18H16F4N2O. The molecule has 132 valence electrons. The highest BCUT2D eigenvalue weighted by molar-refractivity contribution is 6.05. The summed E-state index contributed by atoms with van der Waals surface area (Å²) in [4.78, 5) is 4.15. The average Bonchev–Trinajstić information content (AvgIpc) is 3.36. The first-order valence-electron chi connectivity index (χ1n) is 8.16. The Kier molecular flexibility index (Phi) is 3.54. The van der Waals surface area contributed by atoms with E-state index in [-0.39, 0.29) is 35.0 Å². The van der Waals surface area contributed by atoms with Crippen molar-refractivity contribution in [1.82, 2.24) is 5.06 Å². The molecule has 1 aromatic rings. The number of allylic oxidation sites excluding steroid dienone is 2. The lowest BCUT2D eigenvalue weighted by Gasteiger charge is -2.43. The van der Waals surface area contributed by atoms with E-state index >= 15 is 0 Å². The molecule has 3 aliphatic rings. The average molecular weight is 352 g/mol. The van der Waals surface area contributed by atoms with E-state index in [0.29, 0.717) is 11.5 Å². The highest BCUT2D eigenvalue weighted by atomic mass is 19.4.